The van der Waals surface area contributed by atoms with Crippen LogP contribution in [0.4, 0.5) is 5.82 Å². The summed E-state index contributed by atoms with van der Waals surface area (Å²) in [4.78, 5) is 39.5. The second-order valence-corrected chi connectivity index (χ2v) is 7.35. The molecule has 2 N–H and O–H groups in total. The number of ketones is 1. The number of nitrogens with two attached hydrogens (primary N) is 1. The summed E-state index contributed by atoms with van der Waals surface area (Å²) in [6.45, 7) is 3.21. The van der Waals surface area contributed by atoms with Crippen LogP contribution in [0.1, 0.15) is 28.9 Å². The molecular weight excluding hydrogens is 384 g/mol. The van der Waals surface area contributed by atoms with Gasteiger partial charge >= 0.3 is 5.69 Å². The van der Waals surface area contributed by atoms with Crippen molar-refractivity contribution >= 4 is 23.2 Å². The van der Waals surface area contributed by atoms with Crippen molar-refractivity contribution in [3.8, 4) is 0 Å². The van der Waals surface area contributed by atoms with E-state index in [1.54, 1.807) is 19.1 Å². The highest BCUT2D eigenvalue weighted by molar-refractivity contribution is 6.30. The highest BCUT2D eigenvalue weighted by atomic mass is 35.5. The molecule has 0 amide bonds. The molecule has 9 heteroatoms. The first-order valence-electron chi connectivity index (χ1n) is 8.93. The van der Waals surface area contributed by atoms with Gasteiger partial charge in [0.1, 0.15) is 11.4 Å². The van der Waals surface area contributed by atoms with Crippen molar-refractivity contribution < 1.29 is 9.53 Å². The first-order chi connectivity index (χ1) is 13.2. The molecule has 1 aromatic heterocycles. The lowest BCUT2D eigenvalue weighted by Gasteiger charge is -2.36. The Balaban J connectivity index is 1.87. The van der Waals surface area contributed by atoms with Gasteiger partial charge in [0.2, 0.25) is 0 Å². The van der Waals surface area contributed by atoms with Gasteiger partial charge in [-0.2, -0.15) is 0 Å². The molecule has 1 aliphatic rings. The Hall–Kier alpha value is -2.42. The van der Waals surface area contributed by atoms with Gasteiger partial charge in [-0.1, -0.05) is 23.7 Å². The molecule has 0 aliphatic carbocycles. The average Bonchev–Trinajstić information content (AvgIpc) is 2.71. The highest BCUT2D eigenvalue weighted by Crippen LogP contribution is 2.25. The van der Waals surface area contributed by atoms with E-state index >= 15 is 0 Å². The molecule has 0 unspecified atom stereocenters. The van der Waals surface area contributed by atoms with E-state index in [2.05, 4.69) is 0 Å². The molecule has 28 heavy (non-hydrogen) atoms. The molecule has 0 saturated carbocycles. The zero-order chi connectivity index (χ0) is 20.6. The standard InChI is InChI=1S/C19H23ClN4O4/c1-11(16(25)15-17(21)22(2)19(27)23(3)18(15)26)24-8-9-28-14(10-24)12-4-6-13(20)7-5-12/h4-7,11,14H,8-10,21H2,1-3H3/t11-,14+/m0/s1. The van der Waals surface area contributed by atoms with E-state index in [0.717, 1.165) is 14.7 Å². The Labute approximate surface area is 167 Å². The molecule has 150 valence electrons. The van der Waals surface area contributed by atoms with Gasteiger partial charge in [0.15, 0.2) is 5.78 Å². The summed E-state index contributed by atoms with van der Waals surface area (Å²) in [5, 5.41) is 0.640. The number of benzene rings is 1. The third-order valence-electron chi connectivity index (χ3n) is 5.22. The van der Waals surface area contributed by atoms with E-state index in [4.69, 9.17) is 22.1 Å². The van der Waals surface area contributed by atoms with Crippen LogP contribution in [0.25, 0.3) is 0 Å². The van der Waals surface area contributed by atoms with Gasteiger partial charge in [-0.15, -0.1) is 0 Å². The number of hydrogen-bond acceptors (Lipinski definition) is 6. The molecule has 0 spiro atoms. The van der Waals surface area contributed by atoms with Crippen LogP contribution in [-0.4, -0.2) is 45.6 Å². The first kappa shape index (κ1) is 20.3. The van der Waals surface area contributed by atoms with Crippen molar-refractivity contribution in [3.05, 3.63) is 61.3 Å². The smallest absolute Gasteiger partial charge is 0.332 e. The maximum Gasteiger partial charge on any atom is 0.332 e. The number of halogens is 1. The number of carbonyl (C=O) groups is 1. The van der Waals surface area contributed by atoms with Crippen molar-refractivity contribution in [2.75, 3.05) is 25.4 Å². The summed E-state index contributed by atoms with van der Waals surface area (Å²) >= 11 is 5.94. The fraction of sp³-hybridized carbons (Fsp3) is 0.421. The molecule has 1 saturated heterocycles. The van der Waals surface area contributed by atoms with Crippen LogP contribution in [0.15, 0.2) is 33.9 Å². The molecule has 1 aromatic carbocycles. The Bertz CT molecular complexity index is 1010. The number of Topliss-reactive ketones (excluding diaryl/α,β-unsaturated/α-hetero) is 1. The fourth-order valence-electron chi connectivity index (χ4n) is 3.37. The number of nitrogen functional groups attached to an aromatic ring is 1. The second kappa shape index (κ2) is 7.90. The quantitative estimate of drug-likeness (QED) is 0.759. The maximum atomic E-state index is 13.1. The van der Waals surface area contributed by atoms with Gasteiger partial charge in [0.25, 0.3) is 5.56 Å². The topological polar surface area (TPSA) is 99.6 Å². The van der Waals surface area contributed by atoms with E-state index in [1.807, 2.05) is 17.0 Å². The lowest BCUT2D eigenvalue weighted by atomic mass is 10.0. The number of hydrogen-bond donors (Lipinski definition) is 1. The van der Waals surface area contributed by atoms with Crippen molar-refractivity contribution in [2.45, 2.75) is 19.1 Å². The minimum absolute atomic E-state index is 0.118. The van der Waals surface area contributed by atoms with Gasteiger partial charge in [0.05, 0.1) is 18.8 Å². The predicted octanol–water partition coefficient (Wildman–Crippen LogP) is 0.964. The van der Waals surface area contributed by atoms with Crippen LogP contribution in [0, 0.1) is 0 Å². The van der Waals surface area contributed by atoms with Crippen LogP contribution >= 0.6 is 11.6 Å². The number of aromatic nitrogens is 2. The van der Waals surface area contributed by atoms with Gasteiger partial charge < -0.3 is 10.5 Å². The Morgan fingerprint density at radius 3 is 2.50 bits per heavy atom. The molecule has 0 bridgehead atoms. The van der Waals surface area contributed by atoms with Gasteiger partial charge in [-0.3, -0.25) is 23.6 Å². The fourth-order valence-corrected chi connectivity index (χ4v) is 3.49. The molecule has 1 fully saturated rings. The van der Waals surface area contributed by atoms with E-state index in [9.17, 15) is 14.4 Å². The second-order valence-electron chi connectivity index (χ2n) is 6.91. The lowest BCUT2D eigenvalue weighted by molar-refractivity contribution is -0.0387. The van der Waals surface area contributed by atoms with E-state index in [1.165, 1.54) is 14.1 Å². The number of morpholine rings is 1. The Morgan fingerprint density at radius 2 is 1.86 bits per heavy atom. The van der Waals surface area contributed by atoms with Gasteiger partial charge in [-0.05, 0) is 24.6 Å². The molecule has 0 radical (unpaired) electrons. The summed E-state index contributed by atoms with van der Waals surface area (Å²) in [6, 6.07) is 6.78. The van der Waals surface area contributed by atoms with Gasteiger partial charge in [0, 0.05) is 32.2 Å². The number of ether oxygens (including phenoxy) is 1. The summed E-state index contributed by atoms with van der Waals surface area (Å²) in [5.74, 6) is -0.530. The van der Waals surface area contributed by atoms with E-state index < -0.39 is 23.1 Å². The third-order valence-corrected chi connectivity index (χ3v) is 5.48. The molecule has 2 atom stereocenters. The Kier molecular flexibility index (Phi) is 5.74. The summed E-state index contributed by atoms with van der Waals surface area (Å²) in [6.07, 6.45) is -0.207. The van der Waals surface area contributed by atoms with Crippen molar-refractivity contribution in [2.24, 2.45) is 14.1 Å². The summed E-state index contributed by atoms with van der Waals surface area (Å²) < 4.78 is 7.84. The largest absolute Gasteiger partial charge is 0.384 e. The first-order valence-corrected chi connectivity index (χ1v) is 9.31. The van der Waals surface area contributed by atoms with Crippen LogP contribution in [0.5, 0.6) is 0 Å². The summed E-state index contributed by atoms with van der Waals surface area (Å²) in [5.41, 5.74) is 5.48. The lowest BCUT2D eigenvalue weighted by Crippen LogP contribution is -2.49. The highest BCUT2D eigenvalue weighted by Gasteiger charge is 2.32. The monoisotopic (exact) mass is 406 g/mol. The SMILES string of the molecule is C[C@@H](C(=O)c1c(N)n(C)c(=O)n(C)c1=O)N1CCO[C@@H](c2ccc(Cl)cc2)C1. The molecule has 2 aromatic rings. The zero-order valence-corrected chi connectivity index (χ0v) is 16.8. The molecule has 1 aliphatic heterocycles. The zero-order valence-electron chi connectivity index (χ0n) is 16.0. The van der Waals surface area contributed by atoms with Crippen LogP contribution < -0.4 is 17.0 Å². The minimum Gasteiger partial charge on any atom is -0.384 e. The molecule has 2 heterocycles. The summed E-state index contributed by atoms with van der Waals surface area (Å²) in [7, 11) is 2.76. The third kappa shape index (κ3) is 3.63. The minimum atomic E-state index is -0.681. The predicted molar refractivity (Wildman–Crippen MR) is 107 cm³/mol. The number of rotatable bonds is 4. The van der Waals surface area contributed by atoms with Crippen molar-refractivity contribution in [1.82, 2.24) is 14.0 Å². The number of anilines is 1. The Morgan fingerprint density at radius 1 is 1.21 bits per heavy atom. The van der Waals surface area contributed by atoms with Crippen LogP contribution in [0.2, 0.25) is 5.02 Å². The number of carbonyl (C=O) groups excluding carboxylic acids is 1. The normalized spacial score (nSPS) is 18.8. The van der Waals surface area contributed by atoms with E-state index in [0.29, 0.717) is 24.7 Å². The number of nitrogens with zero attached hydrogens (tertiary/aromatic N) is 3. The maximum absolute atomic E-state index is 13.1. The van der Waals surface area contributed by atoms with E-state index in [-0.39, 0.29) is 17.5 Å². The molecule has 3 rings (SSSR count). The van der Waals surface area contributed by atoms with Crippen LogP contribution in [0.3, 0.4) is 0 Å². The van der Waals surface area contributed by atoms with Gasteiger partial charge in [-0.25, -0.2) is 4.79 Å². The average molecular weight is 407 g/mol. The molecular formula is C19H23ClN4O4. The van der Waals surface area contributed by atoms with Crippen LogP contribution in [-0.2, 0) is 18.8 Å². The van der Waals surface area contributed by atoms with Crippen molar-refractivity contribution in [3.63, 3.8) is 0 Å². The van der Waals surface area contributed by atoms with Crippen molar-refractivity contribution in [1.29, 1.82) is 0 Å². The molecule has 8 nitrogen and oxygen atoms in total.